The maximum absolute atomic E-state index is 13.3. The number of nitriles is 1. The number of ether oxygens (including phenoxy) is 5. The second kappa shape index (κ2) is 19.7. The summed E-state index contributed by atoms with van der Waals surface area (Å²) in [7, 11) is 1.50. The highest BCUT2D eigenvalue weighted by molar-refractivity contribution is 7.44. The van der Waals surface area contributed by atoms with Crippen LogP contribution >= 0.6 is 8.53 Å². The van der Waals surface area contributed by atoms with Crippen LogP contribution in [0.5, 0.6) is 11.5 Å². The summed E-state index contributed by atoms with van der Waals surface area (Å²) in [5, 5.41) is 12.4. The fourth-order valence-electron chi connectivity index (χ4n) is 8.79. The lowest BCUT2D eigenvalue weighted by molar-refractivity contribution is -0.230. The quantitative estimate of drug-likeness (QED) is 0.0466. The number of hydrogen-bond donors (Lipinski definition) is 1. The molecular formula is C49H54N7O8P. The van der Waals surface area contributed by atoms with Gasteiger partial charge in [-0.3, -0.25) is 9.36 Å². The van der Waals surface area contributed by atoms with Gasteiger partial charge < -0.3 is 38.0 Å². The molecule has 16 heteroatoms. The van der Waals surface area contributed by atoms with E-state index in [2.05, 4.69) is 53.7 Å². The number of imidazole rings is 1. The fraction of sp³-hybridized carbons (Fsp3) is 0.367. The van der Waals surface area contributed by atoms with E-state index in [4.69, 9.17) is 37.7 Å². The summed E-state index contributed by atoms with van der Waals surface area (Å²) in [5.41, 5.74) is 1.36. The van der Waals surface area contributed by atoms with Gasteiger partial charge in [0.05, 0.1) is 52.4 Å². The van der Waals surface area contributed by atoms with E-state index in [-0.39, 0.29) is 43.4 Å². The average Bonchev–Trinajstić information content (AvgIpc) is 3.97. The van der Waals surface area contributed by atoms with Crippen LogP contribution in [0.25, 0.3) is 11.2 Å². The number of aromatic nitrogens is 4. The Bertz CT molecular complexity index is 2520. The Morgan fingerprint density at radius 2 is 1.48 bits per heavy atom. The molecule has 0 aliphatic carbocycles. The minimum atomic E-state index is -1.78. The maximum atomic E-state index is 13.3. The number of nitrogens with zero attached hydrogens (tertiary/aromatic N) is 6. The minimum Gasteiger partial charge on any atom is -0.497 e. The second-order valence-corrected chi connectivity index (χ2v) is 17.8. The van der Waals surface area contributed by atoms with E-state index in [0.717, 1.165) is 16.7 Å². The van der Waals surface area contributed by atoms with Crippen LogP contribution in [0.3, 0.4) is 0 Å². The predicted molar refractivity (Wildman–Crippen MR) is 245 cm³/mol. The summed E-state index contributed by atoms with van der Waals surface area (Å²) >= 11 is 0. The molecule has 2 bridgehead atoms. The summed E-state index contributed by atoms with van der Waals surface area (Å²) in [6.07, 6.45) is 0.317. The zero-order chi connectivity index (χ0) is 45.7. The number of hydrogen-bond acceptors (Lipinski definition) is 13. The normalized spacial score (nSPS) is 20.9. The zero-order valence-electron chi connectivity index (χ0n) is 37.5. The van der Waals surface area contributed by atoms with Crippen molar-refractivity contribution in [3.63, 3.8) is 0 Å². The van der Waals surface area contributed by atoms with E-state index >= 15 is 0 Å². The van der Waals surface area contributed by atoms with E-state index in [1.165, 1.54) is 6.33 Å². The van der Waals surface area contributed by atoms with E-state index in [9.17, 15) is 10.1 Å². The van der Waals surface area contributed by atoms with Gasteiger partial charge in [-0.05, 0) is 87.7 Å². The number of carbonyl (C=O) groups is 1. The highest BCUT2D eigenvalue weighted by Gasteiger charge is 2.68. The highest BCUT2D eigenvalue weighted by Crippen LogP contribution is 2.58. The van der Waals surface area contributed by atoms with E-state index < -0.39 is 44.3 Å². The van der Waals surface area contributed by atoms with Crippen LogP contribution in [0.15, 0.2) is 122 Å². The monoisotopic (exact) mass is 899 g/mol. The van der Waals surface area contributed by atoms with Crippen molar-refractivity contribution in [3.8, 4) is 17.6 Å². The molecule has 2 fully saturated rings. The Labute approximate surface area is 380 Å². The third kappa shape index (κ3) is 8.83. The Morgan fingerprint density at radius 3 is 2.06 bits per heavy atom. The van der Waals surface area contributed by atoms with Crippen LogP contribution < -0.4 is 14.8 Å². The Kier molecular flexibility index (Phi) is 13.9. The Balaban J connectivity index is 1.25. The Hall–Kier alpha value is -5.82. The molecule has 2 aliphatic heterocycles. The van der Waals surface area contributed by atoms with Crippen molar-refractivity contribution in [1.29, 1.82) is 5.26 Å². The lowest BCUT2D eigenvalue weighted by atomic mass is 9.79. The molecule has 8 rings (SSSR count). The molecule has 1 N–H and O–H groups in total. The molecule has 338 valence electrons. The molecule has 0 saturated carbocycles. The van der Waals surface area contributed by atoms with Gasteiger partial charge in [-0.2, -0.15) is 5.26 Å². The highest BCUT2D eigenvalue weighted by atomic mass is 31.2. The van der Waals surface area contributed by atoms with Crippen molar-refractivity contribution in [2.45, 2.75) is 88.9 Å². The summed E-state index contributed by atoms with van der Waals surface area (Å²) in [6.45, 7) is 10.5. The minimum absolute atomic E-state index is 0.0243. The number of amides is 1. The summed E-state index contributed by atoms with van der Waals surface area (Å²) < 4.78 is 50.9. The third-order valence-corrected chi connectivity index (χ3v) is 14.0. The lowest BCUT2D eigenvalue weighted by Crippen LogP contribution is -2.53. The first-order valence-electron chi connectivity index (χ1n) is 21.6. The van der Waals surface area contributed by atoms with Gasteiger partial charge >= 0.3 is 0 Å². The number of fused-ring (bicyclic) bond motifs is 3. The number of nitrogens with one attached hydrogen (secondary N) is 1. The predicted octanol–water partition coefficient (Wildman–Crippen LogP) is 8.82. The summed E-state index contributed by atoms with van der Waals surface area (Å²) in [6, 6.07) is 36.9. The fourth-order valence-corrected chi connectivity index (χ4v) is 10.6. The van der Waals surface area contributed by atoms with Crippen molar-refractivity contribution in [3.05, 3.63) is 144 Å². The van der Waals surface area contributed by atoms with E-state index in [0.29, 0.717) is 28.2 Å². The summed E-state index contributed by atoms with van der Waals surface area (Å²) in [5.74, 6) is 1.31. The molecule has 1 unspecified atom stereocenters. The molecule has 1 amide bonds. The third-order valence-electron chi connectivity index (χ3n) is 11.9. The molecule has 4 heterocycles. The average molecular weight is 900 g/mol. The number of rotatable bonds is 19. The van der Waals surface area contributed by atoms with Gasteiger partial charge in [0, 0.05) is 17.6 Å². The number of carbonyl (C=O) groups excluding carboxylic acids is 1. The first-order chi connectivity index (χ1) is 31.5. The van der Waals surface area contributed by atoms with Crippen molar-refractivity contribution >= 4 is 31.4 Å². The number of methoxy groups -OCH3 is 2. The number of anilines is 1. The molecular weight excluding hydrogens is 846 g/mol. The topological polar surface area (TPSA) is 164 Å². The van der Waals surface area contributed by atoms with Crippen molar-refractivity contribution in [2.24, 2.45) is 0 Å². The molecule has 15 nitrogen and oxygen atoms in total. The van der Waals surface area contributed by atoms with Crippen molar-refractivity contribution < 1.29 is 37.5 Å². The van der Waals surface area contributed by atoms with Gasteiger partial charge in [0.2, 0.25) is 0 Å². The molecule has 6 aromatic rings. The molecule has 2 aliphatic rings. The molecule has 0 radical (unpaired) electrons. The molecule has 0 spiro atoms. The second-order valence-electron chi connectivity index (χ2n) is 16.4. The van der Waals surface area contributed by atoms with Gasteiger partial charge in [-0.1, -0.05) is 72.8 Å². The van der Waals surface area contributed by atoms with Gasteiger partial charge in [-0.15, -0.1) is 0 Å². The smallest absolute Gasteiger partial charge is 0.259 e. The van der Waals surface area contributed by atoms with Crippen molar-refractivity contribution in [1.82, 2.24) is 24.2 Å². The first kappa shape index (κ1) is 45.7. The summed E-state index contributed by atoms with van der Waals surface area (Å²) in [4.78, 5) is 27.1. The van der Waals surface area contributed by atoms with Crippen LogP contribution in [-0.4, -0.2) is 93.5 Å². The van der Waals surface area contributed by atoms with Crippen LogP contribution in [0.4, 0.5) is 5.82 Å². The Morgan fingerprint density at radius 1 is 0.877 bits per heavy atom. The standard InChI is InChI=1S/C49H54N7O8P/c1-32(2)56(33(3)4)65(61-28-14-27-50)64-43-42-47(55-31-53-41-44(51-30-52-45(41)55)54-46(57)35-15-10-8-11-16-35)63-48(43,34(5)62-42)29-60-49(36-17-12-9-13-18-36,37-19-23-39(58-6)24-20-37)38-21-25-40(59-7)26-22-38/h8-13,15-26,30-34,42-43,47H,14,28-29H2,1-7H3,(H,51,52,54,57)/t34-,42-,43+,47-,48+,65?/m1/s1. The van der Waals surface area contributed by atoms with Gasteiger partial charge in [0.15, 0.2) is 23.2 Å². The molecule has 2 aromatic heterocycles. The van der Waals surface area contributed by atoms with Crippen LogP contribution in [0, 0.1) is 11.3 Å². The molecule has 65 heavy (non-hydrogen) atoms. The van der Waals surface area contributed by atoms with Crippen LogP contribution in [-0.2, 0) is 28.9 Å². The zero-order valence-corrected chi connectivity index (χ0v) is 38.4. The van der Waals surface area contributed by atoms with E-state index in [1.54, 1.807) is 49.4 Å². The number of benzene rings is 4. The maximum Gasteiger partial charge on any atom is 0.259 e. The first-order valence-corrected chi connectivity index (χ1v) is 22.8. The van der Waals surface area contributed by atoms with Crippen molar-refractivity contribution in [2.75, 3.05) is 32.8 Å². The molecule has 4 aromatic carbocycles. The molecule has 6 atom stereocenters. The lowest BCUT2D eigenvalue weighted by Gasteiger charge is -2.43. The van der Waals surface area contributed by atoms with Gasteiger partial charge in [0.1, 0.15) is 41.2 Å². The van der Waals surface area contributed by atoms with Crippen LogP contribution in [0.1, 0.15) is 74.3 Å². The largest absolute Gasteiger partial charge is 0.497 e. The van der Waals surface area contributed by atoms with Gasteiger partial charge in [-0.25, -0.2) is 19.6 Å². The van der Waals surface area contributed by atoms with Crippen LogP contribution in [0.2, 0.25) is 0 Å². The van der Waals surface area contributed by atoms with Gasteiger partial charge in [0.25, 0.3) is 14.4 Å². The van der Waals surface area contributed by atoms with E-state index in [1.807, 2.05) is 91.9 Å². The molecule has 2 saturated heterocycles. The SMILES string of the molecule is COc1ccc(C(OC[C@]23O[C@@H](n4cnc5c(NC(=O)c6ccccc6)ncnc54)[C@H](O[C@@H]2C)[C@@H]3OP(OCCC#N)N(C(C)C)C(C)C)(c2ccccc2)c2ccc(OC)cc2)cc1.